The molecule has 0 aromatic carbocycles. The summed E-state index contributed by atoms with van der Waals surface area (Å²) in [5.74, 6) is -0.299. The van der Waals surface area contributed by atoms with Crippen LogP contribution in [0.3, 0.4) is 0 Å². The second-order valence-corrected chi connectivity index (χ2v) is 2.30. The summed E-state index contributed by atoms with van der Waals surface area (Å²) < 4.78 is 0. The maximum absolute atomic E-state index is 10.6. The first-order chi connectivity index (χ1) is 4.06. The lowest BCUT2D eigenvalue weighted by molar-refractivity contribution is -0.123. The van der Waals surface area contributed by atoms with E-state index in [0.717, 1.165) is 6.42 Å². The normalized spacial score (nSPS) is 16.8. The Hall–Kier alpha value is -0.570. The molecule has 0 radical (unpaired) electrons. The van der Waals surface area contributed by atoms with Gasteiger partial charge < -0.3 is 11.1 Å². The molecule has 3 N–H and O–H groups in total. The fourth-order valence-electron chi connectivity index (χ4n) is 0.474. The van der Waals surface area contributed by atoms with Crippen molar-refractivity contribution in [2.24, 2.45) is 5.73 Å². The van der Waals surface area contributed by atoms with Crippen LogP contribution in [0.25, 0.3) is 0 Å². The van der Waals surface area contributed by atoms with Crippen LogP contribution in [0.4, 0.5) is 0 Å². The standard InChI is InChI=1S/C6H14N2O/c1-4-6(2,8-3)5(7)9/h8H,4H2,1-3H3,(H2,7,9). The molecule has 0 spiro atoms. The summed E-state index contributed by atoms with van der Waals surface area (Å²) in [7, 11) is 1.73. The zero-order chi connectivity index (χ0) is 7.49. The van der Waals surface area contributed by atoms with Crippen molar-refractivity contribution in [2.75, 3.05) is 7.05 Å². The van der Waals surface area contributed by atoms with Gasteiger partial charge in [-0.15, -0.1) is 0 Å². The highest BCUT2D eigenvalue weighted by molar-refractivity contribution is 5.83. The van der Waals surface area contributed by atoms with E-state index in [-0.39, 0.29) is 5.91 Å². The Morgan fingerprint density at radius 3 is 2.22 bits per heavy atom. The Kier molecular flexibility index (Phi) is 2.65. The van der Waals surface area contributed by atoms with Gasteiger partial charge in [0, 0.05) is 0 Å². The molecule has 0 aromatic rings. The summed E-state index contributed by atoms with van der Waals surface area (Å²) in [6, 6.07) is 0. The number of carbonyl (C=O) groups is 1. The second kappa shape index (κ2) is 2.82. The van der Waals surface area contributed by atoms with E-state index in [1.165, 1.54) is 0 Å². The van der Waals surface area contributed by atoms with Crippen LogP contribution < -0.4 is 11.1 Å². The van der Waals surface area contributed by atoms with Crippen molar-refractivity contribution >= 4 is 5.91 Å². The molecule has 3 heteroatoms. The molecule has 0 saturated carbocycles. The van der Waals surface area contributed by atoms with Gasteiger partial charge in [0.25, 0.3) is 0 Å². The molecule has 0 aromatic heterocycles. The minimum atomic E-state index is -0.528. The molecule has 0 heterocycles. The third-order valence-corrected chi connectivity index (χ3v) is 1.80. The quantitative estimate of drug-likeness (QED) is 0.558. The predicted molar refractivity (Wildman–Crippen MR) is 37.0 cm³/mol. The zero-order valence-electron chi connectivity index (χ0n) is 6.19. The summed E-state index contributed by atoms with van der Waals surface area (Å²) in [4.78, 5) is 10.6. The highest BCUT2D eigenvalue weighted by Gasteiger charge is 2.25. The molecule has 9 heavy (non-hydrogen) atoms. The molecule has 0 fully saturated rings. The molecule has 54 valence electrons. The first kappa shape index (κ1) is 8.43. The lowest BCUT2D eigenvalue weighted by Crippen LogP contribution is -2.50. The summed E-state index contributed by atoms with van der Waals surface area (Å²) in [5.41, 5.74) is 4.56. The fourth-order valence-corrected chi connectivity index (χ4v) is 0.474. The predicted octanol–water partition coefficient (Wildman–Crippen LogP) is -0.140. The molecular weight excluding hydrogens is 116 g/mol. The van der Waals surface area contributed by atoms with Crippen LogP contribution in [-0.4, -0.2) is 18.5 Å². The van der Waals surface area contributed by atoms with Crippen LogP contribution >= 0.6 is 0 Å². The van der Waals surface area contributed by atoms with E-state index in [2.05, 4.69) is 5.32 Å². The number of primary amides is 1. The van der Waals surface area contributed by atoms with Crippen LogP contribution in [-0.2, 0) is 4.79 Å². The number of carbonyl (C=O) groups excluding carboxylic acids is 1. The van der Waals surface area contributed by atoms with Gasteiger partial charge in [-0.2, -0.15) is 0 Å². The van der Waals surface area contributed by atoms with E-state index in [9.17, 15) is 4.79 Å². The molecule has 3 nitrogen and oxygen atoms in total. The number of hydrogen-bond acceptors (Lipinski definition) is 2. The average molecular weight is 130 g/mol. The molecule has 0 saturated heterocycles. The van der Waals surface area contributed by atoms with Crippen LogP contribution in [0.1, 0.15) is 20.3 Å². The summed E-state index contributed by atoms with van der Waals surface area (Å²) in [6.45, 7) is 3.70. The van der Waals surface area contributed by atoms with Gasteiger partial charge in [0.05, 0.1) is 5.54 Å². The van der Waals surface area contributed by atoms with Crippen molar-refractivity contribution in [2.45, 2.75) is 25.8 Å². The first-order valence-corrected chi connectivity index (χ1v) is 3.05. The van der Waals surface area contributed by atoms with Crippen LogP contribution in [0, 0.1) is 0 Å². The molecule has 0 aliphatic carbocycles. The van der Waals surface area contributed by atoms with Crippen molar-refractivity contribution in [3.05, 3.63) is 0 Å². The van der Waals surface area contributed by atoms with Gasteiger partial charge in [0.15, 0.2) is 0 Å². The highest BCUT2D eigenvalue weighted by Crippen LogP contribution is 2.05. The van der Waals surface area contributed by atoms with E-state index < -0.39 is 5.54 Å². The number of amides is 1. The first-order valence-electron chi connectivity index (χ1n) is 3.05. The van der Waals surface area contributed by atoms with Crippen molar-refractivity contribution in [3.8, 4) is 0 Å². The number of nitrogens with two attached hydrogens (primary N) is 1. The van der Waals surface area contributed by atoms with Gasteiger partial charge in [-0.1, -0.05) is 6.92 Å². The highest BCUT2D eigenvalue weighted by atomic mass is 16.1. The Labute approximate surface area is 55.6 Å². The smallest absolute Gasteiger partial charge is 0.237 e. The topological polar surface area (TPSA) is 55.1 Å². The third kappa shape index (κ3) is 1.68. The van der Waals surface area contributed by atoms with E-state index >= 15 is 0 Å². The molecule has 0 bridgehead atoms. The molecule has 1 atom stereocenters. The van der Waals surface area contributed by atoms with Crippen LogP contribution in [0.2, 0.25) is 0 Å². The molecule has 1 amide bonds. The lowest BCUT2D eigenvalue weighted by atomic mass is 9.99. The molecular formula is C6H14N2O. The molecule has 0 aliphatic rings. The Bertz CT molecular complexity index is 108. The Morgan fingerprint density at radius 2 is 2.22 bits per heavy atom. The van der Waals surface area contributed by atoms with Gasteiger partial charge >= 0.3 is 0 Å². The van der Waals surface area contributed by atoms with E-state index in [4.69, 9.17) is 5.73 Å². The zero-order valence-corrected chi connectivity index (χ0v) is 6.19. The van der Waals surface area contributed by atoms with Crippen LogP contribution in [0.5, 0.6) is 0 Å². The van der Waals surface area contributed by atoms with Gasteiger partial charge in [0.2, 0.25) is 5.91 Å². The largest absolute Gasteiger partial charge is 0.368 e. The minimum Gasteiger partial charge on any atom is -0.368 e. The molecule has 0 aliphatic heterocycles. The van der Waals surface area contributed by atoms with Crippen molar-refractivity contribution in [1.82, 2.24) is 5.32 Å². The van der Waals surface area contributed by atoms with Gasteiger partial charge in [-0.05, 0) is 20.4 Å². The van der Waals surface area contributed by atoms with Gasteiger partial charge in [-0.3, -0.25) is 4.79 Å². The molecule has 1 unspecified atom stereocenters. The van der Waals surface area contributed by atoms with Crippen molar-refractivity contribution in [1.29, 1.82) is 0 Å². The summed E-state index contributed by atoms with van der Waals surface area (Å²) >= 11 is 0. The van der Waals surface area contributed by atoms with E-state index in [1.807, 2.05) is 6.92 Å². The minimum absolute atomic E-state index is 0.299. The number of likely N-dealkylation sites (N-methyl/N-ethyl adjacent to an activating group) is 1. The van der Waals surface area contributed by atoms with Crippen molar-refractivity contribution in [3.63, 3.8) is 0 Å². The Balaban J connectivity index is 4.09. The van der Waals surface area contributed by atoms with Gasteiger partial charge in [0.1, 0.15) is 0 Å². The average Bonchev–Trinajstić information content (AvgIpc) is 1.86. The molecule has 0 rings (SSSR count). The third-order valence-electron chi connectivity index (χ3n) is 1.80. The Morgan fingerprint density at radius 1 is 1.78 bits per heavy atom. The number of nitrogens with one attached hydrogen (secondary N) is 1. The van der Waals surface area contributed by atoms with E-state index in [0.29, 0.717) is 0 Å². The summed E-state index contributed by atoms with van der Waals surface area (Å²) in [6.07, 6.45) is 0.721. The van der Waals surface area contributed by atoms with Crippen LogP contribution in [0.15, 0.2) is 0 Å². The lowest BCUT2D eigenvalue weighted by Gasteiger charge is -2.22. The monoisotopic (exact) mass is 130 g/mol. The number of rotatable bonds is 3. The SMILES string of the molecule is CCC(C)(NC)C(N)=O. The summed E-state index contributed by atoms with van der Waals surface area (Å²) in [5, 5.41) is 2.85. The van der Waals surface area contributed by atoms with E-state index in [1.54, 1.807) is 14.0 Å². The van der Waals surface area contributed by atoms with Gasteiger partial charge in [-0.25, -0.2) is 0 Å². The fraction of sp³-hybridized carbons (Fsp3) is 0.833. The maximum atomic E-state index is 10.6. The maximum Gasteiger partial charge on any atom is 0.237 e. The number of hydrogen-bond donors (Lipinski definition) is 2. The van der Waals surface area contributed by atoms with Crippen molar-refractivity contribution < 1.29 is 4.79 Å². The second-order valence-electron chi connectivity index (χ2n) is 2.30.